The van der Waals surface area contributed by atoms with Gasteiger partial charge in [-0.05, 0) is 51.0 Å². The molecule has 20 heavy (non-hydrogen) atoms. The maximum Gasteiger partial charge on any atom is 0.414 e. The summed E-state index contributed by atoms with van der Waals surface area (Å²) in [4.78, 5) is 13.9. The summed E-state index contributed by atoms with van der Waals surface area (Å²) < 4.78 is 5.43. The predicted molar refractivity (Wildman–Crippen MR) is 84.1 cm³/mol. The monoisotopic (exact) mass is 293 g/mol. The number of benzene rings is 1. The van der Waals surface area contributed by atoms with Crippen molar-refractivity contribution in [1.29, 1.82) is 0 Å². The molecule has 0 saturated carbocycles. The lowest BCUT2D eigenvalue weighted by molar-refractivity contribution is 0.0584. The summed E-state index contributed by atoms with van der Waals surface area (Å²) in [5.74, 6) is 0. The van der Waals surface area contributed by atoms with Gasteiger partial charge >= 0.3 is 6.09 Å². The van der Waals surface area contributed by atoms with Gasteiger partial charge in [0, 0.05) is 6.54 Å². The lowest BCUT2D eigenvalue weighted by Gasteiger charge is -2.26. The molecule has 1 heterocycles. The number of nitrogens with two attached hydrogens (primary N) is 1. The van der Waals surface area contributed by atoms with Gasteiger partial charge < -0.3 is 15.8 Å². The van der Waals surface area contributed by atoms with Crippen molar-refractivity contribution in [2.75, 3.05) is 16.8 Å². The van der Waals surface area contributed by atoms with Crippen LogP contribution in [0.4, 0.5) is 16.2 Å². The van der Waals surface area contributed by atoms with Gasteiger partial charge in [0.05, 0.1) is 11.4 Å². The van der Waals surface area contributed by atoms with E-state index >= 15 is 0 Å². The van der Waals surface area contributed by atoms with E-state index in [1.807, 2.05) is 39.0 Å². The number of carbonyl (C=O) groups is 1. The van der Waals surface area contributed by atoms with Gasteiger partial charge in [-0.2, -0.15) is 0 Å². The highest BCUT2D eigenvalue weighted by molar-refractivity contribution is 7.80. The minimum Gasteiger partial charge on any atom is -0.443 e. The van der Waals surface area contributed by atoms with Crippen molar-refractivity contribution >= 4 is 34.8 Å². The topological polar surface area (TPSA) is 67.6 Å². The SMILES string of the molecule is CC(C)(C)OC(=O)N1CCc2cccc(NC(N)=S)c21. The molecule has 1 aromatic rings. The molecule has 2 rings (SSSR count). The van der Waals surface area contributed by atoms with E-state index in [9.17, 15) is 4.79 Å². The summed E-state index contributed by atoms with van der Waals surface area (Å²) in [5, 5.41) is 3.09. The number of ether oxygens (including phenoxy) is 1. The lowest BCUT2D eigenvalue weighted by Crippen LogP contribution is -2.36. The van der Waals surface area contributed by atoms with Gasteiger partial charge in [-0.15, -0.1) is 0 Å². The Hall–Kier alpha value is -1.82. The Morgan fingerprint density at radius 3 is 2.75 bits per heavy atom. The smallest absolute Gasteiger partial charge is 0.414 e. The van der Waals surface area contributed by atoms with E-state index < -0.39 is 5.60 Å². The van der Waals surface area contributed by atoms with Crippen LogP contribution in [0.15, 0.2) is 18.2 Å². The van der Waals surface area contributed by atoms with Gasteiger partial charge in [0.25, 0.3) is 0 Å². The molecule has 0 spiro atoms. The van der Waals surface area contributed by atoms with Gasteiger partial charge in [-0.1, -0.05) is 12.1 Å². The normalized spacial score (nSPS) is 13.8. The van der Waals surface area contributed by atoms with Crippen molar-refractivity contribution in [1.82, 2.24) is 0 Å². The number of para-hydroxylation sites is 1. The number of nitrogens with one attached hydrogen (secondary N) is 1. The first-order valence-electron chi connectivity index (χ1n) is 6.47. The number of hydrogen-bond acceptors (Lipinski definition) is 3. The number of amides is 1. The minimum atomic E-state index is -0.522. The lowest BCUT2D eigenvalue weighted by atomic mass is 10.1. The molecule has 0 unspecified atom stereocenters. The summed E-state index contributed by atoms with van der Waals surface area (Å²) in [6.45, 7) is 6.14. The molecule has 108 valence electrons. The van der Waals surface area contributed by atoms with E-state index in [1.54, 1.807) is 4.90 Å². The van der Waals surface area contributed by atoms with Crippen molar-refractivity contribution in [3.05, 3.63) is 23.8 Å². The number of anilines is 2. The third-order valence-corrected chi connectivity index (χ3v) is 2.97. The molecule has 0 saturated heterocycles. The molecule has 0 fully saturated rings. The van der Waals surface area contributed by atoms with E-state index in [1.165, 1.54) is 0 Å². The third-order valence-electron chi connectivity index (χ3n) is 2.87. The molecule has 0 atom stereocenters. The Bertz CT molecular complexity index is 552. The molecule has 0 bridgehead atoms. The highest BCUT2D eigenvalue weighted by Crippen LogP contribution is 2.36. The number of carbonyl (C=O) groups excluding carboxylic acids is 1. The van der Waals surface area contributed by atoms with Crippen LogP contribution in [0.5, 0.6) is 0 Å². The Labute approximate surface area is 124 Å². The molecule has 0 aliphatic carbocycles. The second-order valence-corrected chi connectivity index (χ2v) is 6.12. The molecule has 1 amide bonds. The molecule has 5 nitrogen and oxygen atoms in total. The second kappa shape index (κ2) is 5.28. The molecule has 0 aromatic heterocycles. The summed E-state index contributed by atoms with van der Waals surface area (Å²) in [6, 6.07) is 5.75. The Kier molecular flexibility index (Phi) is 3.85. The van der Waals surface area contributed by atoms with Crippen molar-refractivity contribution in [3.8, 4) is 0 Å². The molecule has 1 aliphatic heterocycles. The highest BCUT2D eigenvalue weighted by atomic mass is 32.1. The van der Waals surface area contributed by atoms with E-state index in [0.717, 1.165) is 23.4 Å². The van der Waals surface area contributed by atoms with Crippen LogP contribution in [0.25, 0.3) is 0 Å². The van der Waals surface area contributed by atoms with Crippen LogP contribution >= 0.6 is 12.2 Å². The van der Waals surface area contributed by atoms with Crippen LogP contribution in [0, 0.1) is 0 Å². The summed E-state index contributed by atoms with van der Waals surface area (Å²) in [7, 11) is 0. The average Bonchev–Trinajstić information content (AvgIpc) is 2.70. The summed E-state index contributed by atoms with van der Waals surface area (Å²) in [6.07, 6.45) is 0.440. The van der Waals surface area contributed by atoms with E-state index in [0.29, 0.717) is 6.54 Å². The Balaban J connectivity index is 2.31. The van der Waals surface area contributed by atoms with Crippen LogP contribution < -0.4 is 16.0 Å². The molecular weight excluding hydrogens is 274 g/mol. The van der Waals surface area contributed by atoms with E-state index in [4.69, 9.17) is 22.7 Å². The molecule has 6 heteroatoms. The first kappa shape index (κ1) is 14.6. The highest BCUT2D eigenvalue weighted by Gasteiger charge is 2.30. The predicted octanol–water partition coefficient (Wildman–Crippen LogP) is 2.64. The zero-order valence-electron chi connectivity index (χ0n) is 11.9. The van der Waals surface area contributed by atoms with Crippen molar-refractivity contribution < 1.29 is 9.53 Å². The van der Waals surface area contributed by atoms with E-state index in [2.05, 4.69) is 5.32 Å². The Morgan fingerprint density at radius 1 is 1.45 bits per heavy atom. The fraction of sp³-hybridized carbons (Fsp3) is 0.429. The fourth-order valence-electron chi connectivity index (χ4n) is 2.19. The summed E-state index contributed by atoms with van der Waals surface area (Å²) in [5.41, 5.74) is 7.62. The van der Waals surface area contributed by atoms with Crippen LogP contribution in [0.1, 0.15) is 26.3 Å². The zero-order valence-corrected chi connectivity index (χ0v) is 12.7. The van der Waals surface area contributed by atoms with Gasteiger partial charge in [-0.25, -0.2) is 4.79 Å². The van der Waals surface area contributed by atoms with Crippen molar-refractivity contribution in [3.63, 3.8) is 0 Å². The number of rotatable bonds is 1. The quantitative estimate of drug-likeness (QED) is 0.779. The zero-order chi connectivity index (χ0) is 14.9. The van der Waals surface area contributed by atoms with Crippen LogP contribution in [0.2, 0.25) is 0 Å². The number of nitrogens with zero attached hydrogens (tertiary/aromatic N) is 1. The third kappa shape index (κ3) is 3.19. The van der Waals surface area contributed by atoms with Crippen molar-refractivity contribution in [2.45, 2.75) is 32.8 Å². The second-order valence-electron chi connectivity index (χ2n) is 5.68. The number of thiocarbonyl (C=S) groups is 1. The molecule has 0 radical (unpaired) electrons. The van der Waals surface area contributed by atoms with Crippen LogP contribution in [-0.4, -0.2) is 23.4 Å². The fourth-order valence-corrected chi connectivity index (χ4v) is 2.30. The van der Waals surface area contributed by atoms with E-state index in [-0.39, 0.29) is 11.2 Å². The van der Waals surface area contributed by atoms with Gasteiger partial charge in [0.15, 0.2) is 5.11 Å². The van der Waals surface area contributed by atoms with Gasteiger partial charge in [0.2, 0.25) is 0 Å². The van der Waals surface area contributed by atoms with Crippen LogP contribution in [-0.2, 0) is 11.2 Å². The molecule has 3 N–H and O–H groups in total. The maximum atomic E-state index is 12.3. The molecule has 1 aromatic carbocycles. The van der Waals surface area contributed by atoms with Crippen LogP contribution in [0.3, 0.4) is 0 Å². The van der Waals surface area contributed by atoms with Crippen molar-refractivity contribution in [2.24, 2.45) is 5.73 Å². The first-order valence-corrected chi connectivity index (χ1v) is 6.87. The first-order chi connectivity index (χ1) is 9.28. The van der Waals surface area contributed by atoms with Gasteiger partial charge in [0.1, 0.15) is 5.60 Å². The maximum absolute atomic E-state index is 12.3. The average molecular weight is 293 g/mol. The largest absolute Gasteiger partial charge is 0.443 e. The number of fused-ring (bicyclic) bond motifs is 1. The molecule has 1 aliphatic rings. The van der Waals surface area contributed by atoms with Gasteiger partial charge in [-0.3, -0.25) is 4.90 Å². The molecular formula is C14H19N3O2S. The Morgan fingerprint density at radius 2 is 2.15 bits per heavy atom. The summed E-state index contributed by atoms with van der Waals surface area (Å²) >= 11 is 4.87. The standard InChI is InChI=1S/C14H19N3O2S/c1-14(2,3)19-13(18)17-8-7-9-5-4-6-10(11(9)17)16-12(15)20/h4-6H,7-8H2,1-3H3,(H3,15,16,20). The number of hydrogen-bond donors (Lipinski definition) is 2. The minimum absolute atomic E-state index is 0.175.